The number of carbonyl (C=O) groups excluding carboxylic acids is 1. The molecule has 164 valence electrons. The largest absolute Gasteiger partial charge is 0.463 e. The van der Waals surface area contributed by atoms with Gasteiger partial charge in [0.15, 0.2) is 4.80 Å². The Kier molecular flexibility index (Phi) is 6.05. The molecule has 0 aliphatic carbocycles. The summed E-state index contributed by atoms with van der Waals surface area (Å²) in [6, 6.07) is 10.9. The fourth-order valence-corrected chi connectivity index (χ4v) is 4.72. The number of carbonyl (C=O) groups is 1. The number of hydrogen-bond donors (Lipinski definition) is 0. The first kappa shape index (κ1) is 21.7. The van der Waals surface area contributed by atoms with Crippen LogP contribution in [0.25, 0.3) is 6.08 Å². The first-order valence-electron chi connectivity index (χ1n) is 10.3. The van der Waals surface area contributed by atoms with Crippen LogP contribution in [0.15, 0.2) is 69.8 Å². The maximum absolute atomic E-state index is 13.5. The third-order valence-electron chi connectivity index (χ3n) is 5.22. The predicted octanol–water partition coefficient (Wildman–Crippen LogP) is 2.26. The Hall–Kier alpha value is -3.52. The number of anilines is 1. The Labute approximate surface area is 189 Å². The van der Waals surface area contributed by atoms with Gasteiger partial charge in [0.1, 0.15) is 0 Å². The SMILES string of the molecule is CCOC(=O)C1=C(C)N=c2s/c(=C\c3cccnc3)c(=O)n2[C@H]1c1ccc(N(C)C)cc1. The number of esters is 1. The first-order valence-corrected chi connectivity index (χ1v) is 11.1. The van der Waals surface area contributed by atoms with Crippen LogP contribution in [0.4, 0.5) is 5.69 Å². The molecule has 2 aromatic heterocycles. The van der Waals surface area contributed by atoms with E-state index in [1.54, 1.807) is 36.9 Å². The summed E-state index contributed by atoms with van der Waals surface area (Å²) in [4.78, 5) is 37.7. The Balaban J connectivity index is 1.94. The van der Waals surface area contributed by atoms with Crippen molar-refractivity contribution in [1.82, 2.24) is 9.55 Å². The molecule has 0 unspecified atom stereocenters. The molecule has 3 heterocycles. The van der Waals surface area contributed by atoms with Crippen molar-refractivity contribution in [1.29, 1.82) is 0 Å². The van der Waals surface area contributed by atoms with E-state index in [4.69, 9.17) is 4.74 Å². The molecule has 32 heavy (non-hydrogen) atoms. The zero-order valence-electron chi connectivity index (χ0n) is 18.4. The fraction of sp³-hybridized carbons (Fsp3) is 0.250. The van der Waals surface area contributed by atoms with E-state index in [0.717, 1.165) is 16.8 Å². The lowest BCUT2D eigenvalue weighted by molar-refractivity contribution is -0.139. The number of nitrogens with zero attached hydrogens (tertiary/aromatic N) is 4. The molecule has 7 nitrogen and oxygen atoms in total. The summed E-state index contributed by atoms with van der Waals surface area (Å²) in [5, 5.41) is 0. The van der Waals surface area contributed by atoms with Gasteiger partial charge in [0.2, 0.25) is 0 Å². The van der Waals surface area contributed by atoms with Crippen LogP contribution in [0.5, 0.6) is 0 Å². The molecule has 0 fully saturated rings. The van der Waals surface area contributed by atoms with Gasteiger partial charge in [0.25, 0.3) is 5.56 Å². The van der Waals surface area contributed by atoms with Crippen molar-refractivity contribution >= 4 is 29.1 Å². The van der Waals surface area contributed by atoms with Gasteiger partial charge in [-0.05, 0) is 49.2 Å². The smallest absolute Gasteiger partial charge is 0.338 e. The molecule has 3 aromatic rings. The molecule has 8 heteroatoms. The van der Waals surface area contributed by atoms with E-state index in [-0.39, 0.29) is 12.2 Å². The van der Waals surface area contributed by atoms with Crippen molar-refractivity contribution in [3.8, 4) is 0 Å². The normalized spacial score (nSPS) is 15.9. The van der Waals surface area contributed by atoms with E-state index in [0.29, 0.717) is 20.6 Å². The lowest BCUT2D eigenvalue weighted by Crippen LogP contribution is -2.39. The van der Waals surface area contributed by atoms with Crippen molar-refractivity contribution in [3.05, 3.63) is 90.9 Å². The number of allylic oxidation sites excluding steroid dienone is 1. The Bertz CT molecular complexity index is 1350. The highest BCUT2D eigenvalue weighted by Crippen LogP contribution is 2.31. The number of pyridine rings is 1. The maximum atomic E-state index is 13.5. The van der Waals surface area contributed by atoms with Gasteiger partial charge in [0.05, 0.1) is 28.5 Å². The average Bonchev–Trinajstić information content (AvgIpc) is 3.08. The van der Waals surface area contributed by atoms with Gasteiger partial charge in [-0.2, -0.15) is 0 Å². The maximum Gasteiger partial charge on any atom is 0.338 e. The van der Waals surface area contributed by atoms with Crippen molar-refractivity contribution in [2.45, 2.75) is 19.9 Å². The lowest BCUT2D eigenvalue weighted by Gasteiger charge is -2.25. The van der Waals surface area contributed by atoms with Crippen LogP contribution in [-0.2, 0) is 9.53 Å². The van der Waals surface area contributed by atoms with Crippen LogP contribution in [-0.4, -0.2) is 36.2 Å². The van der Waals surface area contributed by atoms with Crippen LogP contribution in [0.2, 0.25) is 0 Å². The van der Waals surface area contributed by atoms with E-state index >= 15 is 0 Å². The molecule has 0 N–H and O–H groups in total. The van der Waals surface area contributed by atoms with E-state index in [2.05, 4.69) is 9.98 Å². The van der Waals surface area contributed by atoms with Crippen LogP contribution in [0, 0.1) is 0 Å². The minimum Gasteiger partial charge on any atom is -0.463 e. The second-order valence-corrected chi connectivity index (χ2v) is 8.58. The number of thiazole rings is 1. The van der Waals surface area contributed by atoms with Crippen LogP contribution in [0.3, 0.4) is 0 Å². The summed E-state index contributed by atoms with van der Waals surface area (Å²) >= 11 is 1.30. The quantitative estimate of drug-likeness (QED) is 0.560. The summed E-state index contributed by atoms with van der Waals surface area (Å²) in [6.45, 7) is 3.79. The number of benzene rings is 1. The Morgan fingerprint density at radius 1 is 1.25 bits per heavy atom. The second kappa shape index (κ2) is 8.92. The van der Waals surface area contributed by atoms with Crippen molar-refractivity contribution in [2.24, 2.45) is 4.99 Å². The first-order chi connectivity index (χ1) is 15.4. The lowest BCUT2D eigenvalue weighted by atomic mass is 9.95. The summed E-state index contributed by atoms with van der Waals surface area (Å²) in [7, 11) is 3.93. The summed E-state index contributed by atoms with van der Waals surface area (Å²) in [5.41, 5.74) is 3.40. The fourth-order valence-electron chi connectivity index (χ4n) is 3.67. The molecule has 1 aromatic carbocycles. The van der Waals surface area contributed by atoms with Gasteiger partial charge in [-0.25, -0.2) is 9.79 Å². The highest BCUT2D eigenvalue weighted by Gasteiger charge is 2.33. The standard InChI is InChI=1S/C24H24N4O3S/c1-5-31-23(30)20-15(2)26-24-28(21(20)17-8-10-18(11-9-17)27(3)4)22(29)19(32-24)13-16-7-6-12-25-14-16/h6-14,21H,5H2,1-4H3/b19-13-/t21-/m0/s1. The number of rotatable bonds is 5. The van der Waals surface area contributed by atoms with Gasteiger partial charge in [-0.3, -0.25) is 14.3 Å². The van der Waals surface area contributed by atoms with Gasteiger partial charge in [-0.15, -0.1) is 0 Å². The summed E-state index contributed by atoms with van der Waals surface area (Å²) < 4.78 is 7.46. The molecule has 0 amide bonds. The molecule has 0 saturated heterocycles. The zero-order valence-corrected chi connectivity index (χ0v) is 19.2. The average molecular weight is 449 g/mol. The number of ether oxygens (including phenoxy) is 1. The molecule has 4 rings (SSSR count). The van der Waals surface area contributed by atoms with Crippen molar-refractivity contribution < 1.29 is 9.53 Å². The minimum atomic E-state index is -0.613. The van der Waals surface area contributed by atoms with Gasteiger partial charge in [-0.1, -0.05) is 29.5 Å². The van der Waals surface area contributed by atoms with Gasteiger partial charge in [0, 0.05) is 32.2 Å². The molecule has 1 aliphatic heterocycles. The number of fused-ring (bicyclic) bond motifs is 1. The van der Waals surface area contributed by atoms with Gasteiger partial charge >= 0.3 is 5.97 Å². The number of hydrogen-bond acceptors (Lipinski definition) is 7. The number of aromatic nitrogens is 2. The van der Waals surface area contributed by atoms with E-state index < -0.39 is 12.0 Å². The van der Waals surface area contributed by atoms with Crippen LogP contribution < -0.4 is 19.8 Å². The topological polar surface area (TPSA) is 76.8 Å². The van der Waals surface area contributed by atoms with E-state index in [1.807, 2.05) is 55.4 Å². The zero-order chi connectivity index (χ0) is 22.8. The molecule has 0 saturated carbocycles. The molecule has 0 spiro atoms. The summed E-state index contributed by atoms with van der Waals surface area (Å²) in [5.74, 6) is -0.461. The van der Waals surface area contributed by atoms with E-state index in [9.17, 15) is 9.59 Å². The molecule has 0 radical (unpaired) electrons. The van der Waals surface area contributed by atoms with Crippen molar-refractivity contribution in [3.63, 3.8) is 0 Å². The summed E-state index contributed by atoms with van der Waals surface area (Å²) in [6.07, 6.45) is 5.18. The monoisotopic (exact) mass is 448 g/mol. The Morgan fingerprint density at radius 2 is 2.00 bits per heavy atom. The Morgan fingerprint density at radius 3 is 2.62 bits per heavy atom. The molecule has 0 bridgehead atoms. The van der Waals surface area contributed by atoms with Gasteiger partial charge < -0.3 is 9.64 Å². The van der Waals surface area contributed by atoms with Crippen LogP contribution in [0.1, 0.15) is 31.0 Å². The molecule has 1 atom stereocenters. The third kappa shape index (κ3) is 4.01. The third-order valence-corrected chi connectivity index (χ3v) is 6.21. The molecular formula is C24H24N4O3S. The van der Waals surface area contributed by atoms with Crippen LogP contribution >= 0.6 is 11.3 Å². The molecule has 1 aliphatic rings. The second-order valence-electron chi connectivity index (χ2n) is 7.57. The molecular weight excluding hydrogens is 424 g/mol. The van der Waals surface area contributed by atoms with E-state index in [1.165, 1.54) is 11.3 Å². The predicted molar refractivity (Wildman–Crippen MR) is 125 cm³/mol. The highest BCUT2D eigenvalue weighted by molar-refractivity contribution is 7.07. The van der Waals surface area contributed by atoms with Crippen molar-refractivity contribution in [2.75, 3.05) is 25.6 Å². The highest BCUT2D eigenvalue weighted by atomic mass is 32.1. The minimum absolute atomic E-state index is 0.200.